The summed E-state index contributed by atoms with van der Waals surface area (Å²) in [5.74, 6) is -1.04. The Hall–Kier alpha value is -1.10. The lowest BCUT2D eigenvalue weighted by atomic mass is 9.77. The van der Waals surface area contributed by atoms with Crippen molar-refractivity contribution in [2.75, 3.05) is 13.7 Å². The van der Waals surface area contributed by atoms with Crippen LogP contribution in [-0.4, -0.2) is 46.7 Å². The van der Waals surface area contributed by atoms with Crippen LogP contribution in [0.4, 0.5) is 0 Å². The van der Waals surface area contributed by atoms with Crippen molar-refractivity contribution in [1.29, 1.82) is 0 Å². The van der Waals surface area contributed by atoms with Crippen molar-refractivity contribution in [1.82, 2.24) is 4.90 Å². The van der Waals surface area contributed by atoms with E-state index in [0.29, 0.717) is 12.8 Å². The average Bonchev–Trinajstić information content (AvgIpc) is 2.63. The molecule has 1 rings (SSSR count). The first kappa shape index (κ1) is 16.0. The van der Waals surface area contributed by atoms with E-state index in [2.05, 4.69) is 0 Å². The number of likely N-dealkylation sites (N-methyl/N-ethyl adjacent to an activating group) is 1. The van der Waals surface area contributed by atoms with E-state index < -0.39 is 11.4 Å². The highest BCUT2D eigenvalue weighted by Crippen LogP contribution is 2.39. The highest BCUT2D eigenvalue weighted by atomic mass is 16.4. The van der Waals surface area contributed by atoms with E-state index in [1.165, 1.54) is 4.90 Å². The maximum atomic E-state index is 12.2. The molecule has 1 amide bonds. The van der Waals surface area contributed by atoms with Crippen LogP contribution in [0.3, 0.4) is 0 Å². The van der Waals surface area contributed by atoms with Crippen LogP contribution in [0.15, 0.2) is 0 Å². The highest BCUT2D eigenvalue weighted by molar-refractivity contribution is 5.85. The summed E-state index contributed by atoms with van der Waals surface area (Å²) in [6, 6.07) is -0.274. The molecule has 5 heteroatoms. The lowest BCUT2D eigenvalue weighted by Gasteiger charge is -2.31. The van der Waals surface area contributed by atoms with Gasteiger partial charge in [0.2, 0.25) is 5.91 Å². The summed E-state index contributed by atoms with van der Waals surface area (Å²) in [4.78, 5) is 25.2. The lowest BCUT2D eigenvalue weighted by Crippen LogP contribution is -2.42. The molecule has 0 aromatic heterocycles. The molecule has 0 heterocycles. The van der Waals surface area contributed by atoms with Gasteiger partial charge >= 0.3 is 5.97 Å². The fraction of sp³-hybridized carbons (Fsp3) is 0.857. The van der Waals surface area contributed by atoms with Gasteiger partial charge in [-0.1, -0.05) is 25.7 Å². The fourth-order valence-corrected chi connectivity index (χ4v) is 2.65. The second-order valence-corrected chi connectivity index (χ2v) is 5.71. The minimum atomic E-state index is -0.906. The monoisotopic (exact) mass is 271 g/mol. The molecule has 0 aromatic rings. The third-order valence-electron chi connectivity index (χ3n) is 4.32. The van der Waals surface area contributed by atoms with E-state index in [1.54, 1.807) is 14.0 Å². The first-order chi connectivity index (χ1) is 8.93. The zero-order chi connectivity index (χ0) is 14.5. The van der Waals surface area contributed by atoms with Gasteiger partial charge in [-0.2, -0.15) is 0 Å². The Kier molecular flexibility index (Phi) is 5.79. The molecule has 1 unspecified atom stereocenters. The number of aliphatic hydroxyl groups is 1. The number of hydrogen-bond donors (Lipinski definition) is 2. The Labute approximate surface area is 114 Å². The zero-order valence-electron chi connectivity index (χ0n) is 11.9. The zero-order valence-corrected chi connectivity index (χ0v) is 11.9. The second kappa shape index (κ2) is 6.89. The molecular weight excluding hydrogens is 246 g/mol. The Morgan fingerprint density at radius 1 is 1.21 bits per heavy atom. The average molecular weight is 271 g/mol. The normalized spacial score (nSPS) is 20.4. The molecule has 0 saturated heterocycles. The maximum absolute atomic E-state index is 12.2. The van der Waals surface area contributed by atoms with E-state index in [9.17, 15) is 14.7 Å². The molecule has 0 aliphatic heterocycles. The second-order valence-electron chi connectivity index (χ2n) is 5.71. The third kappa shape index (κ3) is 3.93. The number of carboxylic acids is 1. The first-order valence-electron chi connectivity index (χ1n) is 7.03. The standard InChI is InChI=1S/C14H25NO4/c1-11(10-16)15(2)12(17)9-14(13(18)19)7-5-3-4-6-8-14/h11,16H,3-10H2,1-2H3,(H,18,19). The number of carboxylic acid groups (broad SMARTS) is 1. The van der Waals surface area contributed by atoms with Crippen molar-refractivity contribution >= 4 is 11.9 Å². The topological polar surface area (TPSA) is 77.8 Å². The summed E-state index contributed by atoms with van der Waals surface area (Å²) < 4.78 is 0. The molecular formula is C14H25NO4. The van der Waals surface area contributed by atoms with Gasteiger partial charge in [0.25, 0.3) is 0 Å². The van der Waals surface area contributed by atoms with Crippen LogP contribution in [-0.2, 0) is 9.59 Å². The number of amides is 1. The van der Waals surface area contributed by atoms with Gasteiger partial charge in [-0.05, 0) is 19.8 Å². The molecule has 1 aliphatic carbocycles. The molecule has 0 spiro atoms. The Morgan fingerprint density at radius 3 is 2.16 bits per heavy atom. The van der Waals surface area contributed by atoms with Gasteiger partial charge in [0.1, 0.15) is 0 Å². The van der Waals surface area contributed by atoms with Gasteiger partial charge in [0.15, 0.2) is 0 Å². The number of aliphatic hydroxyl groups excluding tert-OH is 1. The molecule has 1 fully saturated rings. The summed E-state index contributed by atoms with van der Waals surface area (Å²) in [7, 11) is 1.62. The summed E-state index contributed by atoms with van der Waals surface area (Å²) in [5.41, 5.74) is -0.906. The minimum Gasteiger partial charge on any atom is -0.481 e. The molecule has 0 aromatic carbocycles. The van der Waals surface area contributed by atoms with Crippen LogP contribution >= 0.6 is 0 Å². The SMILES string of the molecule is CC(CO)N(C)C(=O)CC1(C(=O)O)CCCCCC1. The van der Waals surface area contributed by atoms with Crippen LogP contribution in [0, 0.1) is 5.41 Å². The molecule has 19 heavy (non-hydrogen) atoms. The molecule has 1 aliphatic rings. The van der Waals surface area contributed by atoms with Crippen molar-refractivity contribution in [3.63, 3.8) is 0 Å². The van der Waals surface area contributed by atoms with Crippen molar-refractivity contribution < 1.29 is 19.8 Å². The van der Waals surface area contributed by atoms with Gasteiger partial charge in [-0.25, -0.2) is 0 Å². The molecule has 0 bridgehead atoms. The van der Waals surface area contributed by atoms with Crippen molar-refractivity contribution in [3.05, 3.63) is 0 Å². The summed E-state index contributed by atoms with van der Waals surface area (Å²) in [6.45, 7) is 1.64. The number of rotatable bonds is 5. The van der Waals surface area contributed by atoms with Crippen LogP contribution in [0.25, 0.3) is 0 Å². The first-order valence-corrected chi connectivity index (χ1v) is 7.03. The quantitative estimate of drug-likeness (QED) is 0.745. The number of carbonyl (C=O) groups excluding carboxylic acids is 1. The number of carbonyl (C=O) groups is 2. The van der Waals surface area contributed by atoms with Gasteiger partial charge < -0.3 is 15.1 Å². The van der Waals surface area contributed by atoms with Crippen molar-refractivity contribution in [2.24, 2.45) is 5.41 Å². The molecule has 110 valence electrons. The van der Waals surface area contributed by atoms with Gasteiger partial charge in [0, 0.05) is 13.5 Å². The van der Waals surface area contributed by atoms with Crippen LogP contribution in [0.5, 0.6) is 0 Å². The van der Waals surface area contributed by atoms with E-state index in [0.717, 1.165) is 25.7 Å². The summed E-state index contributed by atoms with van der Waals surface area (Å²) in [6.07, 6.45) is 5.05. The van der Waals surface area contributed by atoms with Crippen molar-refractivity contribution in [2.45, 2.75) is 57.9 Å². The number of nitrogens with zero attached hydrogens (tertiary/aromatic N) is 1. The van der Waals surface area contributed by atoms with E-state index in [-0.39, 0.29) is 25.0 Å². The van der Waals surface area contributed by atoms with Crippen molar-refractivity contribution in [3.8, 4) is 0 Å². The minimum absolute atomic E-state index is 0.0448. The molecule has 2 N–H and O–H groups in total. The molecule has 1 atom stereocenters. The summed E-state index contributed by atoms with van der Waals surface area (Å²) >= 11 is 0. The van der Waals surface area contributed by atoms with Crippen LogP contribution in [0.2, 0.25) is 0 Å². The summed E-state index contributed by atoms with van der Waals surface area (Å²) in [5, 5.41) is 18.6. The smallest absolute Gasteiger partial charge is 0.310 e. The lowest BCUT2D eigenvalue weighted by molar-refractivity contribution is -0.155. The van der Waals surface area contributed by atoms with Crippen LogP contribution < -0.4 is 0 Å². The fourth-order valence-electron chi connectivity index (χ4n) is 2.65. The number of aliphatic carboxylic acids is 1. The van der Waals surface area contributed by atoms with Gasteiger partial charge in [-0.15, -0.1) is 0 Å². The predicted octanol–water partition coefficient (Wildman–Crippen LogP) is 1.64. The highest BCUT2D eigenvalue weighted by Gasteiger charge is 2.41. The largest absolute Gasteiger partial charge is 0.481 e. The van der Waals surface area contributed by atoms with E-state index in [4.69, 9.17) is 5.11 Å². The Bertz CT molecular complexity index is 321. The third-order valence-corrected chi connectivity index (χ3v) is 4.32. The molecule has 5 nitrogen and oxygen atoms in total. The van der Waals surface area contributed by atoms with E-state index >= 15 is 0 Å². The Balaban J connectivity index is 2.78. The van der Waals surface area contributed by atoms with E-state index in [1.807, 2.05) is 0 Å². The number of hydrogen-bond acceptors (Lipinski definition) is 3. The molecule has 0 radical (unpaired) electrons. The van der Waals surface area contributed by atoms with Crippen LogP contribution in [0.1, 0.15) is 51.9 Å². The predicted molar refractivity (Wildman–Crippen MR) is 71.7 cm³/mol. The Morgan fingerprint density at radius 2 is 1.74 bits per heavy atom. The molecule has 1 saturated carbocycles. The van der Waals surface area contributed by atoms with Gasteiger partial charge in [-0.3, -0.25) is 9.59 Å². The maximum Gasteiger partial charge on any atom is 0.310 e. The van der Waals surface area contributed by atoms with Gasteiger partial charge in [0.05, 0.1) is 18.1 Å².